The molecule has 0 radical (unpaired) electrons. The van der Waals surface area contributed by atoms with Crippen LogP contribution in [0.4, 0.5) is 23.7 Å². The van der Waals surface area contributed by atoms with Crippen LogP contribution in [0.5, 0.6) is 0 Å². The predicted octanol–water partition coefficient (Wildman–Crippen LogP) is 2.77. The minimum Gasteiger partial charge on any atom is -0.441 e. The van der Waals surface area contributed by atoms with E-state index >= 15 is 0 Å². The van der Waals surface area contributed by atoms with Crippen LogP contribution in [-0.4, -0.2) is 24.8 Å². The number of alkyl halides is 3. The smallest absolute Gasteiger partial charge is 0.416 e. The van der Waals surface area contributed by atoms with Gasteiger partial charge in [-0.3, -0.25) is 4.90 Å². The van der Waals surface area contributed by atoms with E-state index in [1.54, 1.807) is 6.92 Å². The van der Waals surface area contributed by atoms with Gasteiger partial charge < -0.3 is 10.5 Å². The van der Waals surface area contributed by atoms with E-state index in [1.807, 2.05) is 0 Å². The van der Waals surface area contributed by atoms with Crippen molar-refractivity contribution < 1.29 is 22.7 Å². The van der Waals surface area contributed by atoms with Crippen molar-refractivity contribution in [2.24, 2.45) is 5.73 Å². The highest BCUT2D eigenvalue weighted by Crippen LogP contribution is 2.33. The van der Waals surface area contributed by atoms with E-state index in [9.17, 15) is 18.0 Å². The number of ether oxygens (including phenoxy) is 1. The number of hydrogen-bond acceptors (Lipinski definition) is 3. The molecule has 20 heavy (non-hydrogen) atoms. The van der Waals surface area contributed by atoms with Gasteiger partial charge in [0, 0.05) is 12.1 Å². The van der Waals surface area contributed by atoms with E-state index < -0.39 is 23.4 Å². The van der Waals surface area contributed by atoms with Crippen molar-refractivity contribution in [1.82, 2.24) is 0 Å². The molecule has 2 N–H and O–H groups in total. The molecule has 1 aliphatic rings. The Labute approximate surface area is 114 Å². The van der Waals surface area contributed by atoms with Crippen LogP contribution in [0.15, 0.2) is 24.3 Å². The third-order valence-corrected chi connectivity index (χ3v) is 3.23. The lowest BCUT2D eigenvalue weighted by atomic mass is 10.0. The average Bonchev–Trinajstić information content (AvgIpc) is 2.64. The summed E-state index contributed by atoms with van der Waals surface area (Å²) in [6.07, 6.45) is -4.46. The Balaban J connectivity index is 2.19. The van der Waals surface area contributed by atoms with Gasteiger partial charge in [0.25, 0.3) is 0 Å². The third kappa shape index (κ3) is 2.87. The summed E-state index contributed by atoms with van der Waals surface area (Å²) >= 11 is 0. The maximum absolute atomic E-state index is 12.5. The van der Waals surface area contributed by atoms with Crippen LogP contribution in [0, 0.1) is 0 Å². The Morgan fingerprint density at radius 2 is 1.95 bits per heavy atom. The number of nitrogens with two attached hydrogens (primary N) is 1. The van der Waals surface area contributed by atoms with Crippen LogP contribution >= 0.6 is 0 Å². The highest BCUT2D eigenvalue weighted by atomic mass is 19.4. The minimum atomic E-state index is -4.39. The fourth-order valence-electron chi connectivity index (χ4n) is 2.16. The summed E-state index contributed by atoms with van der Waals surface area (Å²) in [7, 11) is 0. The molecule has 2 rings (SSSR count). The molecule has 0 bridgehead atoms. The topological polar surface area (TPSA) is 55.6 Å². The van der Waals surface area contributed by atoms with Crippen LogP contribution in [0.2, 0.25) is 0 Å². The van der Waals surface area contributed by atoms with E-state index in [1.165, 1.54) is 17.0 Å². The lowest BCUT2D eigenvalue weighted by molar-refractivity contribution is -0.137. The fourth-order valence-corrected chi connectivity index (χ4v) is 2.16. The van der Waals surface area contributed by atoms with Crippen molar-refractivity contribution in [3.05, 3.63) is 29.8 Å². The fraction of sp³-hybridized carbons (Fsp3) is 0.462. The van der Waals surface area contributed by atoms with Crippen molar-refractivity contribution in [3.8, 4) is 0 Å². The van der Waals surface area contributed by atoms with Gasteiger partial charge in [-0.15, -0.1) is 0 Å². The van der Waals surface area contributed by atoms with Crippen LogP contribution < -0.4 is 10.6 Å². The molecule has 1 fully saturated rings. The number of anilines is 1. The van der Waals surface area contributed by atoms with Gasteiger partial charge in [-0.05, 0) is 37.7 Å². The molecule has 110 valence electrons. The molecular formula is C13H15F3N2O2. The molecule has 1 saturated heterocycles. The number of nitrogens with zero attached hydrogens (tertiary/aromatic N) is 1. The number of amides is 1. The normalized spacial score (nSPS) is 23.1. The van der Waals surface area contributed by atoms with Gasteiger partial charge in [-0.2, -0.15) is 13.2 Å². The van der Waals surface area contributed by atoms with Crippen molar-refractivity contribution in [1.29, 1.82) is 0 Å². The summed E-state index contributed by atoms with van der Waals surface area (Å²) in [6, 6.07) is 4.42. The predicted molar refractivity (Wildman–Crippen MR) is 67.3 cm³/mol. The SMILES string of the molecule is CC1(CCN)CN(c2ccc(C(F)(F)F)cc2)C(=O)O1. The second kappa shape index (κ2) is 4.97. The van der Waals surface area contributed by atoms with Crippen LogP contribution in [0.25, 0.3) is 0 Å². The first kappa shape index (κ1) is 14.6. The molecule has 1 amide bonds. The van der Waals surface area contributed by atoms with Gasteiger partial charge in [0.15, 0.2) is 0 Å². The second-order valence-corrected chi connectivity index (χ2v) is 4.99. The van der Waals surface area contributed by atoms with E-state index in [0.29, 0.717) is 18.7 Å². The first-order valence-corrected chi connectivity index (χ1v) is 6.13. The van der Waals surface area contributed by atoms with Gasteiger partial charge in [-0.1, -0.05) is 0 Å². The molecule has 1 aliphatic heterocycles. The first-order valence-electron chi connectivity index (χ1n) is 6.13. The zero-order valence-electron chi connectivity index (χ0n) is 10.9. The van der Waals surface area contributed by atoms with Gasteiger partial charge in [0.1, 0.15) is 5.60 Å². The van der Waals surface area contributed by atoms with Crippen LogP contribution in [-0.2, 0) is 10.9 Å². The summed E-state index contributed by atoms with van der Waals surface area (Å²) < 4.78 is 42.7. The van der Waals surface area contributed by atoms with E-state index in [4.69, 9.17) is 10.5 Å². The van der Waals surface area contributed by atoms with Gasteiger partial charge in [-0.25, -0.2) is 4.79 Å². The lowest BCUT2D eigenvalue weighted by Gasteiger charge is -2.20. The van der Waals surface area contributed by atoms with Crippen molar-refractivity contribution in [2.75, 3.05) is 18.0 Å². The maximum Gasteiger partial charge on any atom is 0.416 e. The molecule has 1 heterocycles. The van der Waals surface area contributed by atoms with Crippen LogP contribution in [0.3, 0.4) is 0 Å². The largest absolute Gasteiger partial charge is 0.441 e. The van der Waals surface area contributed by atoms with Crippen molar-refractivity contribution >= 4 is 11.8 Å². The first-order chi connectivity index (χ1) is 9.25. The molecule has 7 heteroatoms. The van der Waals surface area contributed by atoms with E-state index in [-0.39, 0.29) is 6.54 Å². The molecule has 1 atom stereocenters. The molecule has 1 aromatic rings. The summed E-state index contributed by atoms with van der Waals surface area (Å²) in [5, 5.41) is 0. The average molecular weight is 288 g/mol. The summed E-state index contributed by atoms with van der Waals surface area (Å²) in [6.45, 7) is 2.39. The Morgan fingerprint density at radius 1 is 1.35 bits per heavy atom. The van der Waals surface area contributed by atoms with Crippen LogP contribution in [0.1, 0.15) is 18.9 Å². The molecular weight excluding hydrogens is 273 g/mol. The maximum atomic E-state index is 12.5. The number of hydrogen-bond donors (Lipinski definition) is 1. The zero-order chi connectivity index (χ0) is 15.0. The standard InChI is InChI=1S/C13H15F3N2O2/c1-12(6-7-17)8-18(11(19)20-12)10-4-2-9(3-5-10)13(14,15)16/h2-5H,6-8,17H2,1H3. The summed E-state index contributed by atoms with van der Waals surface area (Å²) in [4.78, 5) is 13.1. The molecule has 1 aromatic carbocycles. The molecule has 0 aliphatic carbocycles. The number of carbonyl (C=O) groups is 1. The Hall–Kier alpha value is -1.76. The van der Waals surface area contributed by atoms with E-state index in [0.717, 1.165) is 12.1 Å². The molecule has 1 unspecified atom stereocenters. The molecule has 4 nitrogen and oxygen atoms in total. The van der Waals surface area contributed by atoms with Gasteiger partial charge in [0.05, 0.1) is 12.1 Å². The van der Waals surface area contributed by atoms with Crippen molar-refractivity contribution in [2.45, 2.75) is 25.1 Å². The third-order valence-electron chi connectivity index (χ3n) is 3.23. The Morgan fingerprint density at radius 3 is 2.45 bits per heavy atom. The summed E-state index contributed by atoms with van der Waals surface area (Å²) in [5.41, 5.74) is 4.38. The lowest BCUT2D eigenvalue weighted by Crippen LogP contribution is -2.33. The quantitative estimate of drug-likeness (QED) is 0.930. The monoisotopic (exact) mass is 288 g/mol. The highest BCUT2D eigenvalue weighted by molar-refractivity contribution is 5.90. The number of halogens is 3. The second-order valence-electron chi connectivity index (χ2n) is 4.99. The minimum absolute atomic E-state index is 0.272. The number of cyclic esters (lactones) is 1. The van der Waals surface area contributed by atoms with Gasteiger partial charge in [0.2, 0.25) is 0 Å². The Bertz CT molecular complexity index is 501. The number of benzene rings is 1. The highest BCUT2D eigenvalue weighted by Gasteiger charge is 2.41. The Kier molecular flexibility index (Phi) is 3.64. The summed E-state index contributed by atoms with van der Waals surface area (Å²) in [5.74, 6) is 0. The van der Waals surface area contributed by atoms with Crippen molar-refractivity contribution in [3.63, 3.8) is 0 Å². The van der Waals surface area contributed by atoms with E-state index in [2.05, 4.69) is 0 Å². The molecule has 0 spiro atoms. The zero-order valence-corrected chi connectivity index (χ0v) is 10.9. The number of rotatable bonds is 3. The number of carbonyl (C=O) groups excluding carboxylic acids is 1. The molecule has 0 saturated carbocycles. The molecule has 0 aromatic heterocycles. The van der Waals surface area contributed by atoms with Gasteiger partial charge >= 0.3 is 12.3 Å².